The molecular formula is C20H29N5O3S. The monoisotopic (exact) mass is 419 g/mol. The minimum Gasteiger partial charge on any atom is -0.341 e. The molecule has 1 aromatic carbocycles. The summed E-state index contributed by atoms with van der Waals surface area (Å²) in [7, 11) is -3.40. The predicted molar refractivity (Wildman–Crippen MR) is 112 cm³/mol. The normalized spacial score (nSPS) is 19.7. The average molecular weight is 420 g/mol. The molecule has 1 amide bonds. The summed E-state index contributed by atoms with van der Waals surface area (Å²) in [5.41, 5.74) is 1.98. The molecule has 4 rings (SSSR count). The van der Waals surface area contributed by atoms with Gasteiger partial charge in [0.15, 0.2) is 0 Å². The van der Waals surface area contributed by atoms with Crippen LogP contribution in [0, 0.1) is 6.92 Å². The fourth-order valence-corrected chi connectivity index (χ4v) is 6.02. The molecule has 8 nitrogen and oxygen atoms in total. The van der Waals surface area contributed by atoms with Crippen molar-refractivity contribution in [1.29, 1.82) is 0 Å². The van der Waals surface area contributed by atoms with Crippen LogP contribution in [0.2, 0.25) is 0 Å². The SMILES string of the molecule is Cc1nc2ccccc2n1CCC(=O)N1CCCN(S(=O)(=O)N2CCCC2)CC1. The van der Waals surface area contributed by atoms with Crippen LogP contribution in [0.25, 0.3) is 11.0 Å². The summed E-state index contributed by atoms with van der Waals surface area (Å²) in [6, 6.07) is 7.94. The van der Waals surface area contributed by atoms with Gasteiger partial charge in [-0.05, 0) is 38.3 Å². The Balaban J connectivity index is 1.37. The van der Waals surface area contributed by atoms with Crippen molar-refractivity contribution in [2.75, 3.05) is 39.3 Å². The van der Waals surface area contributed by atoms with E-state index in [4.69, 9.17) is 0 Å². The van der Waals surface area contributed by atoms with E-state index < -0.39 is 10.2 Å². The number of carbonyl (C=O) groups is 1. The minimum absolute atomic E-state index is 0.0719. The molecule has 2 saturated heterocycles. The number of hydrogen-bond acceptors (Lipinski definition) is 4. The van der Waals surface area contributed by atoms with Crippen molar-refractivity contribution in [2.24, 2.45) is 0 Å². The van der Waals surface area contributed by atoms with Crippen molar-refractivity contribution in [3.8, 4) is 0 Å². The van der Waals surface area contributed by atoms with Gasteiger partial charge in [-0.3, -0.25) is 4.79 Å². The topological polar surface area (TPSA) is 78.8 Å². The molecule has 0 spiro atoms. The average Bonchev–Trinajstić information content (AvgIpc) is 3.27. The van der Waals surface area contributed by atoms with Gasteiger partial charge in [0.25, 0.3) is 10.2 Å². The van der Waals surface area contributed by atoms with Crippen LogP contribution in [0.4, 0.5) is 0 Å². The van der Waals surface area contributed by atoms with Crippen LogP contribution in [0.3, 0.4) is 0 Å². The first-order valence-electron chi connectivity index (χ1n) is 10.4. The van der Waals surface area contributed by atoms with Gasteiger partial charge >= 0.3 is 0 Å². The van der Waals surface area contributed by atoms with Gasteiger partial charge in [0.1, 0.15) is 5.82 Å². The van der Waals surface area contributed by atoms with Crippen LogP contribution in [0.1, 0.15) is 31.5 Å². The number of imidazole rings is 1. The van der Waals surface area contributed by atoms with Crippen LogP contribution < -0.4 is 0 Å². The Morgan fingerprint density at radius 1 is 0.966 bits per heavy atom. The van der Waals surface area contributed by atoms with Gasteiger partial charge in [-0.1, -0.05) is 12.1 Å². The molecule has 0 radical (unpaired) electrons. The smallest absolute Gasteiger partial charge is 0.282 e. The minimum atomic E-state index is -3.40. The number of nitrogens with zero attached hydrogens (tertiary/aromatic N) is 5. The van der Waals surface area contributed by atoms with Crippen molar-refractivity contribution in [2.45, 2.75) is 39.2 Å². The maximum Gasteiger partial charge on any atom is 0.282 e. The molecule has 9 heteroatoms. The number of rotatable bonds is 5. The molecule has 0 N–H and O–H groups in total. The molecule has 2 aliphatic heterocycles. The molecule has 158 valence electrons. The number of carbonyl (C=O) groups excluding carboxylic acids is 1. The van der Waals surface area contributed by atoms with Gasteiger partial charge in [0.2, 0.25) is 5.91 Å². The quantitative estimate of drug-likeness (QED) is 0.738. The second-order valence-corrected chi connectivity index (χ2v) is 9.73. The van der Waals surface area contributed by atoms with E-state index in [9.17, 15) is 13.2 Å². The summed E-state index contributed by atoms with van der Waals surface area (Å²) < 4.78 is 30.8. The maximum atomic E-state index is 12.8. The van der Waals surface area contributed by atoms with Gasteiger partial charge in [-0.15, -0.1) is 0 Å². The third kappa shape index (κ3) is 4.17. The molecule has 0 aliphatic carbocycles. The number of amides is 1. The van der Waals surface area contributed by atoms with Gasteiger partial charge in [0, 0.05) is 52.2 Å². The lowest BCUT2D eigenvalue weighted by atomic mass is 10.3. The standard InChI is InChI=1S/C20H29N5O3S/c1-17-21-18-7-2-3-8-19(18)25(17)14-9-20(26)22-10-6-13-24(16-15-22)29(27,28)23-11-4-5-12-23/h2-3,7-8H,4-6,9-16H2,1H3. The number of aryl methyl sites for hydroxylation is 2. The van der Waals surface area contributed by atoms with Crippen molar-refractivity contribution >= 4 is 27.1 Å². The molecule has 2 aromatic rings. The summed E-state index contributed by atoms with van der Waals surface area (Å²) in [5.74, 6) is 0.973. The Morgan fingerprint density at radius 2 is 1.66 bits per heavy atom. The van der Waals surface area contributed by atoms with E-state index in [1.54, 1.807) is 8.61 Å². The molecule has 29 heavy (non-hydrogen) atoms. The first-order chi connectivity index (χ1) is 14.0. The van der Waals surface area contributed by atoms with Crippen LogP contribution in [0.15, 0.2) is 24.3 Å². The lowest BCUT2D eigenvalue weighted by Gasteiger charge is -2.26. The number of hydrogen-bond donors (Lipinski definition) is 0. The Bertz CT molecular complexity index is 981. The van der Waals surface area contributed by atoms with E-state index in [2.05, 4.69) is 9.55 Å². The molecule has 0 unspecified atom stereocenters. The molecule has 1 aromatic heterocycles. The van der Waals surface area contributed by atoms with Crippen molar-refractivity contribution in [3.05, 3.63) is 30.1 Å². The zero-order valence-electron chi connectivity index (χ0n) is 17.0. The Hall–Kier alpha value is -1.97. The predicted octanol–water partition coefficient (Wildman–Crippen LogP) is 1.61. The highest BCUT2D eigenvalue weighted by Gasteiger charge is 2.33. The Kier molecular flexibility index (Phi) is 5.89. The van der Waals surface area contributed by atoms with E-state index in [0.29, 0.717) is 58.7 Å². The van der Waals surface area contributed by atoms with E-state index >= 15 is 0 Å². The lowest BCUT2D eigenvalue weighted by molar-refractivity contribution is -0.131. The third-order valence-corrected chi connectivity index (χ3v) is 7.96. The van der Waals surface area contributed by atoms with Crippen molar-refractivity contribution in [1.82, 2.24) is 23.1 Å². The largest absolute Gasteiger partial charge is 0.341 e. The molecule has 0 saturated carbocycles. The highest BCUT2D eigenvalue weighted by Crippen LogP contribution is 2.19. The zero-order valence-corrected chi connectivity index (χ0v) is 17.8. The highest BCUT2D eigenvalue weighted by molar-refractivity contribution is 7.86. The summed E-state index contributed by atoms with van der Waals surface area (Å²) in [6.45, 7) is 5.67. The highest BCUT2D eigenvalue weighted by atomic mass is 32.2. The molecule has 3 heterocycles. The van der Waals surface area contributed by atoms with Gasteiger partial charge in [-0.25, -0.2) is 4.98 Å². The van der Waals surface area contributed by atoms with E-state index in [-0.39, 0.29) is 5.91 Å². The van der Waals surface area contributed by atoms with E-state index in [1.807, 2.05) is 36.1 Å². The summed E-state index contributed by atoms with van der Waals surface area (Å²) in [5, 5.41) is 0. The summed E-state index contributed by atoms with van der Waals surface area (Å²) in [4.78, 5) is 19.2. The maximum absolute atomic E-state index is 12.8. The van der Waals surface area contributed by atoms with Crippen molar-refractivity contribution in [3.63, 3.8) is 0 Å². The van der Waals surface area contributed by atoms with Crippen molar-refractivity contribution < 1.29 is 13.2 Å². The van der Waals surface area contributed by atoms with Crippen LogP contribution in [0.5, 0.6) is 0 Å². The number of benzene rings is 1. The lowest BCUT2D eigenvalue weighted by Crippen LogP contribution is -2.44. The second kappa shape index (κ2) is 8.41. The number of fused-ring (bicyclic) bond motifs is 1. The fraction of sp³-hybridized carbons (Fsp3) is 0.600. The molecule has 0 bridgehead atoms. The molecular weight excluding hydrogens is 390 g/mol. The first-order valence-corrected chi connectivity index (χ1v) is 11.8. The van der Waals surface area contributed by atoms with Gasteiger partial charge in [0.05, 0.1) is 11.0 Å². The van der Waals surface area contributed by atoms with Crippen LogP contribution in [-0.4, -0.2) is 76.7 Å². The van der Waals surface area contributed by atoms with Crippen LogP contribution in [-0.2, 0) is 21.5 Å². The zero-order chi connectivity index (χ0) is 20.4. The second-order valence-electron chi connectivity index (χ2n) is 7.80. The molecule has 2 fully saturated rings. The van der Waals surface area contributed by atoms with Crippen LogP contribution >= 0.6 is 0 Å². The number of para-hydroxylation sites is 2. The van der Waals surface area contributed by atoms with E-state index in [1.165, 1.54) is 0 Å². The fourth-order valence-electron chi connectivity index (χ4n) is 4.30. The Labute approximate surface area is 172 Å². The first kappa shape index (κ1) is 20.3. The molecule has 0 atom stereocenters. The van der Waals surface area contributed by atoms with Gasteiger partial charge < -0.3 is 9.47 Å². The number of aromatic nitrogens is 2. The summed E-state index contributed by atoms with van der Waals surface area (Å²) >= 11 is 0. The summed E-state index contributed by atoms with van der Waals surface area (Å²) in [6.07, 6.45) is 2.92. The molecule has 2 aliphatic rings. The Morgan fingerprint density at radius 3 is 2.45 bits per heavy atom. The third-order valence-electron chi connectivity index (χ3n) is 5.92. The van der Waals surface area contributed by atoms with E-state index in [0.717, 1.165) is 29.7 Å². The van der Waals surface area contributed by atoms with Gasteiger partial charge in [-0.2, -0.15) is 17.0 Å².